The lowest BCUT2D eigenvalue weighted by Crippen LogP contribution is -2.00. The second-order valence-corrected chi connectivity index (χ2v) is 3.77. The summed E-state index contributed by atoms with van der Waals surface area (Å²) < 4.78 is 0. The molecule has 0 saturated carbocycles. The number of hydrogen-bond acceptors (Lipinski definition) is 2. The molecule has 0 saturated heterocycles. The summed E-state index contributed by atoms with van der Waals surface area (Å²) in [5.41, 5.74) is 2.42. The van der Waals surface area contributed by atoms with Gasteiger partial charge in [0, 0.05) is 35.2 Å². The highest BCUT2D eigenvalue weighted by molar-refractivity contribution is 6.01. The Morgan fingerprint density at radius 3 is 1.56 bits per heavy atom. The van der Waals surface area contributed by atoms with Crippen LogP contribution in [0.3, 0.4) is 0 Å². The van der Waals surface area contributed by atoms with Gasteiger partial charge >= 0.3 is 0 Å². The van der Waals surface area contributed by atoms with Crippen LogP contribution < -0.4 is 10.6 Å². The summed E-state index contributed by atoms with van der Waals surface area (Å²) in [6.45, 7) is 6.13. The van der Waals surface area contributed by atoms with Gasteiger partial charge < -0.3 is 10.6 Å². The van der Waals surface area contributed by atoms with Gasteiger partial charge in [0.1, 0.15) is 0 Å². The topological polar surface area (TPSA) is 24.1 Å². The van der Waals surface area contributed by atoms with Crippen LogP contribution in [0, 0.1) is 0 Å². The van der Waals surface area contributed by atoms with Crippen LogP contribution in [0.25, 0.3) is 10.8 Å². The Balaban J connectivity index is 2.57. The van der Waals surface area contributed by atoms with E-state index in [1.807, 2.05) is 0 Å². The van der Waals surface area contributed by atoms with Gasteiger partial charge in [-0.15, -0.1) is 0 Å². The standard InChI is InChI=1S/C14H18N2/c1-3-15-13-9-10-14(16-4-2)12-8-6-5-7-11(12)13/h5-10,15-16H,3-4H2,1-2H3. The highest BCUT2D eigenvalue weighted by Crippen LogP contribution is 2.29. The van der Waals surface area contributed by atoms with Crippen molar-refractivity contribution >= 4 is 22.1 Å². The minimum atomic E-state index is 0.949. The van der Waals surface area contributed by atoms with Gasteiger partial charge in [-0.05, 0) is 26.0 Å². The van der Waals surface area contributed by atoms with Crippen LogP contribution in [0.1, 0.15) is 13.8 Å². The van der Waals surface area contributed by atoms with E-state index in [-0.39, 0.29) is 0 Å². The minimum absolute atomic E-state index is 0.949. The molecule has 0 radical (unpaired) electrons. The van der Waals surface area contributed by atoms with E-state index in [0.717, 1.165) is 13.1 Å². The maximum atomic E-state index is 3.39. The Morgan fingerprint density at radius 2 is 1.19 bits per heavy atom. The second-order valence-electron chi connectivity index (χ2n) is 3.77. The van der Waals surface area contributed by atoms with Crippen LogP contribution in [-0.2, 0) is 0 Å². The molecule has 2 rings (SSSR count). The van der Waals surface area contributed by atoms with Crippen LogP contribution in [-0.4, -0.2) is 13.1 Å². The summed E-state index contributed by atoms with van der Waals surface area (Å²) in [6.07, 6.45) is 0. The van der Waals surface area contributed by atoms with E-state index < -0.39 is 0 Å². The first-order valence-electron chi connectivity index (χ1n) is 5.86. The van der Waals surface area contributed by atoms with E-state index >= 15 is 0 Å². The number of rotatable bonds is 4. The quantitative estimate of drug-likeness (QED) is 0.810. The Bertz CT molecular complexity index is 433. The molecular weight excluding hydrogens is 196 g/mol. The zero-order chi connectivity index (χ0) is 11.4. The molecule has 2 aromatic rings. The third-order valence-corrected chi connectivity index (χ3v) is 2.66. The summed E-state index contributed by atoms with van der Waals surface area (Å²) in [4.78, 5) is 0. The van der Waals surface area contributed by atoms with Crippen LogP contribution in [0.5, 0.6) is 0 Å². The number of hydrogen-bond donors (Lipinski definition) is 2. The molecule has 0 spiro atoms. The van der Waals surface area contributed by atoms with E-state index in [4.69, 9.17) is 0 Å². The van der Waals surface area contributed by atoms with Crippen molar-refractivity contribution < 1.29 is 0 Å². The Hall–Kier alpha value is -1.70. The third kappa shape index (κ3) is 1.96. The maximum Gasteiger partial charge on any atom is 0.0421 e. The first-order valence-corrected chi connectivity index (χ1v) is 5.86. The van der Waals surface area contributed by atoms with Crippen molar-refractivity contribution in [3.63, 3.8) is 0 Å². The molecule has 0 unspecified atom stereocenters. The largest absolute Gasteiger partial charge is 0.385 e. The van der Waals surface area contributed by atoms with Gasteiger partial charge in [0.2, 0.25) is 0 Å². The first kappa shape index (κ1) is 10.8. The van der Waals surface area contributed by atoms with Crippen molar-refractivity contribution in [2.24, 2.45) is 0 Å². The van der Waals surface area contributed by atoms with Crippen molar-refractivity contribution in [2.45, 2.75) is 13.8 Å². The predicted molar refractivity (Wildman–Crippen MR) is 72.3 cm³/mol. The monoisotopic (exact) mass is 214 g/mol. The van der Waals surface area contributed by atoms with Crippen LogP contribution >= 0.6 is 0 Å². The van der Waals surface area contributed by atoms with Gasteiger partial charge in [-0.1, -0.05) is 24.3 Å². The fourth-order valence-electron chi connectivity index (χ4n) is 1.99. The van der Waals surface area contributed by atoms with Crippen molar-refractivity contribution in [1.82, 2.24) is 0 Å². The van der Waals surface area contributed by atoms with Crippen molar-refractivity contribution in [1.29, 1.82) is 0 Å². The van der Waals surface area contributed by atoms with E-state index in [1.165, 1.54) is 22.1 Å². The van der Waals surface area contributed by atoms with Gasteiger partial charge in [0.05, 0.1) is 0 Å². The van der Waals surface area contributed by atoms with Gasteiger partial charge in [-0.3, -0.25) is 0 Å². The molecule has 2 N–H and O–H groups in total. The fourth-order valence-corrected chi connectivity index (χ4v) is 1.99. The molecule has 84 valence electrons. The highest BCUT2D eigenvalue weighted by Gasteiger charge is 2.03. The Labute approximate surface area is 96.7 Å². The predicted octanol–water partition coefficient (Wildman–Crippen LogP) is 3.70. The number of nitrogens with one attached hydrogen (secondary N) is 2. The summed E-state index contributed by atoms with van der Waals surface area (Å²) >= 11 is 0. The number of fused-ring (bicyclic) bond motifs is 1. The molecular formula is C14H18N2. The van der Waals surface area contributed by atoms with Crippen molar-refractivity contribution in [2.75, 3.05) is 23.7 Å². The fraction of sp³-hybridized carbons (Fsp3) is 0.286. The summed E-state index contributed by atoms with van der Waals surface area (Å²) in [7, 11) is 0. The molecule has 2 nitrogen and oxygen atoms in total. The van der Waals surface area contributed by atoms with Crippen LogP contribution in [0.2, 0.25) is 0 Å². The summed E-state index contributed by atoms with van der Waals surface area (Å²) in [5, 5.41) is 9.34. The minimum Gasteiger partial charge on any atom is -0.385 e. The molecule has 0 aromatic heterocycles. The van der Waals surface area contributed by atoms with E-state index in [9.17, 15) is 0 Å². The molecule has 0 aliphatic heterocycles. The zero-order valence-corrected chi connectivity index (χ0v) is 9.88. The molecule has 0 atom stereocenters. The summed E-state index contributed by atoms with van der Waals surface area (Å²) in [6, 6.07) is 12.8. The van der Waals surface area contributed by atoms with Gasteiger partial charge in [0.15, 0.2) is 0 Å². The average Bonchev–Trinajstić information content (AvgIpc) is 2.33. The van der Waals surface area contributed by atoms with E-state index in [2.05, 4.69) is 60.9 Å². The smallest absolute Gasteiger partial charge is 0.0421 e. The lowest BCUT2D eigenvalue weighted by atomic mass is 10.1. The third-order valence-electron chi connectivity index (χ3n) is 2.66. The molecule has 2 heteroatoms. The van der Waals surface area contributed by atoms with Crippen LogP contribution in [0.4, 0.5) is 11.4 Å². The number of anilines is 2. The zero-order valence-electron chi connectivity index (χ0n) is 9.88. The Kier molecular flexibility index (Phi) is 3.30. The molecule has 0 bridgehead atoms. The second kappa shape index (κ2) is 4.88. The highest BCUT2D eigenvalue weighted by atomic mass is 14.9. The van der Waals surface area contributed by atoms with Crippen molar-refractivity contribution in [3.05, 3.63) is 36.4 Å². The van der Waals surface area contributed by atoms with E-state index in [1.54, 1.807) is 0 Å². The molecule has 16 heavy (non-hydrogen) atoms. The molecule has 0 fully saturated rings. The molecule has 0 amide bonds. The van der Waals surface area contributed by atoms with Crippen LogP contribution in [0.15, 0.2) is 36.4 Å². The lowest BCUT2D eigenvalue weighted by Gasteiger charge is -2.12. The van der Waals surface area contributed by atoms with E-state index in [0.29, 0.717) is 0 Å². The maximum absolute atomic E-state index is 3.39. The molecule has 0 aliphatic carbocycles. The average molecular weight is 214 g/mol. The number of benzene rings is 2. The van der Waals surface area contributed by atoms with Gasteiger partial charge in [-0.25, -0.2) is 0 Å². The lowest BCUT2D eigenvalue weighted by molar-refractivity contribution is 1.21. The Morgan fingerprint density at radius 1 is 0.750 bits per heavy atom. The molecule has 2 aromatic carbocycles. The van der Waals surface area contributed by atoms with Crippen molar-refractivity contribution in [3.8, 4) is 0 Å². The molecule has 0 aliphatic rings. The SMILES string of the molecule is CCNc1ccc(NCC)c2ccccc12. The van der Waals surface area contributed by atoms with Gasteiger partial charge in [0.25, 0.3) is 0 Å². The first-order chi connectivity index (χ1) is 7.86. The molecule has 0 heterocycles. The van der Waals surface area contributed by atoms with Gasteiger partial charge in [-0.2, -0.15) is 0 Å². The summed E-state index contributed by atoms with van der Waals surface area (Å²) in [5.74, 6) is 0. The normalized spacial score (nSPS) is 10.4.